The Morgan fingerprint density at radius 2 is 2.06 bits per heavy atom. The average Bonchev–Trinajstić information content (AvgIpc) is 2.80. The van der Waals surface area contributed by atoms with Gasteiger partial charge in [0, 0.05) is 19.6 Å². The van der Waals surface area contributed by atoms with Gasteiger partial charge in [-0.3, -0.25) is 0 Å². The van der Waals surface area contributed by atoms with Gasteiger partial charge in [-0.1, -0.05) is 0 Å². The highest BCUT2D eigenvalue weighted by Gasteiger charge is 2.36. The fraction of sp³-hybridized carbons (Fsp3) is 0.615. The number of aromatic nitrogens is 1. The molecule has 3 heterocycles. The smallest absolute Gasteiger partial charge is 0.123 e. The quantitative estimate of drug-likeness (QED) is 0.765. The molecule has 0 aromatic carbocycles. The Bertz CT molecular complexity index is 371. The summed E-state index contributed by atoms with van der Waals surface area (Å²) in [6.07, 6.45) is 5.83. The summed E-state index contributed by atoms with van der Waals surface area (Å²) in [4.78, 5) is 6.59. The van der Waals surface area contributed by atoms with Gasteiger partial charge in [-0.2, -0.15) is 0 Å². The van der Waals surface area contributed by atoms with E-state index in [4.69, 9.17) is 5.73 Å². The molecule has 0 radical (unpaired) electrons. The van der Waals surface area contributed by atoms with Gasteiger partial charge in [0.15, 0.2) is 0 Å². The molecule has 0 amide bonds. The zero-order chi connectivity index (χ0) is 11.7. The molecule has 0 aliphatic carbocycles. The van der Waals surface area contributed by atoms with E-state index in [0.717, 1.165) is 13.1 Å². The summed E-state index contributed by atoms with van der Waals surface area (Å²) in [6, 6.07) is 3.96. The van der Waals surface area contributed by atoms with Gasteiger partial charge in [0.1, 0.15) is 5.82 Å². The normalized spacial score (nSPS) is 23.2. The predicted octanol–water partition coefficient (Wildman–Crippen LogP) is 1.24. The van der Waals surface area contributed by atoms with E-state index in [1.165, 1.54) is 38.0 Å². The molecule has 4 nitrogen and oxygen atoms in total. The van der Waals surface area contributed by atoms with Crippen LogP contribution in [0.2, 0.25) is 0 Å². The third kappa shape index (κ3) is 2.09. The molecule has 2 aliphatic rings. The summed E-state index contributed by atoms with van der Waals surface area (Å²) < 4.78 is 0. The molecule has 1 aromatic heterocycles. The molecular weight excluding hydrogens is 212 g/mol. The monoisotopic (exact) mass is 232 g/mol. The van der Waals surface area contributed by atoms with E-state index in [9.17, 15) is 0 Å². The first-order valence-corrected chi connectivity index (χ1v) is 6.45. The van der Waals surface area contributed by atoms with Crippen LogP contribution < -0.4 is 16.0 Å². The van der Waals surface area contributed by atoms with Crippen LogP contribution in [0.4, 0.5) is 11.5 Å². The lowest BCUT2D eigenvalue weighted by Gasteiger charge is -2.39. The Morgan fingerprint density at radius 3 is 2.65 bits per heavy atom. The fourth-order valence-corrected chi connectivity index (χ4v) is 3.05. The largest absolute Gasteiger partial charge is 0.384 e. The first-order chi connectivity index (χ1) is 8.27. The molecule has 0 unspecified atom stereocenters. The van der Waals surface area contributed by atoms with Crippen molar-refractivity contribution in [3.8, 4) is 0 Å². The number of nitrogens with zero attached hydrogens (tertiary/aromatic N) is 2. The standard InChI is InChI=1S/C13H20N4/c14-12-2-1-11(9-16-12)17-7-4-13(5-8-17)3-6-15-10-13/h1-2,9,15H,3-8,10H2,(H2,14,16). The van der Waals surface area contributed by atoms with Crippen molar-refractivity contribution in [2.24, 2.45) is 5.41 Å². The van der Waals surface area contributed by atoms with E-state index in [2.05, 4.69) is 21.3 Å². The van der Waals surface area contributed by atoms with Crippen LogP contribution in [-0.2, 0) is 0 Å². The van der Waals surface area contributed by atoms with E-state index in [-0.39, 0.29) is 0 Å². The summed E-state index contributed by atoms with van der Waals surface area (Å²) in [5.41, 5.74) is 7.40. The van der Waals surface area contributed by atoms with Crippen LogP contribution >= 0.6 is 0 Å². The van der Waals surface area contributed by atoms with Crippen molar-refractivity contribution in [1.82, 2.24) is 10.3 Å². The maximum atomic E-state index is 5.61. The van der Waals surface area contributed by atoms with Gasteiger partial charge in [0.05, 0.1) is 11.9 Å². The van der Waals surface area contributed by atoms with E-state index < -0.39 is 0 Å². The van der Waals surface area contributed by atoms with Crippen molar-refractivity contribution >= 4 is 11.5 Å². The third-order valence-corrected chi connectivity index (χ3v) is 4.29. The minimum atomic E-state index is 0.581. The van der Waals surface area contributed by atoms with Crippen LogP contribution in [0, 0.1) is 5.41 Å². The van der Waals surface area contributed by atoms with Crippen LogP contribution in [0.1, 0.15) is 19.3 Å². The molecule has 17 heavy (non-hydrogen) atoms. The Hall–Kier alpha value is -1.29. The van der Waals surface area contributed by atoms with E-state index in [0.29, 0.717) is 11.2 Å². The van der Waals surface area contributed by atoms with Gasteiger partial charge in [0.25, 0.3) is 0 Å². The van der Waals surface area contributed by atoms with Gasteiger partial charge < -0.3 is 16.0 Å². The lowest BCUT2D eigenvalue weighted by atomic mass is 9.78. The minimum absolute atomic E-state index is 0.581. The molecule has 1 aromatic rings. The van der Waals surface area contributed by atoms with Gasteiger partial charge in [-0.05, 0) is 43.4 Å². The first-order valence-electron chi connectivity index (χ1n) is 6.45. The predicted molar refractivity (Wildman–Crippen MR) is 70.0 cm³/mol. The van der Waals surface area contributed by atoms with E-state index in [1.54, 1.807) is 0 Å². The maximum Gasteiger partial charge on any atom is 0.123 e. The zero-order valence-electron chi connectivity index (χ0n) is 10.2. The Morgan fingerprint density at radius 1 is 1.24 bits per heavy atom. The average molecular weight is 232 g/mol. The maximum absolute atomic E-state index is 5.61. The molecule has 1 spiro atoms. The number of anilines is 2. The zero-order valence-corrected chi connectivity index (χ0v) is 10.2. The summed E-state index contributed by atoms with van der Waals surface area (Å²) in [6.45, 7) is 4.70. The molecule has 3 N–H and O–H groups in total. The SMILES string of the molecule is Nc1ccc(N2CCC3(CCNC3)CC2)cn1. The number of hydrogen-bond donors (Lipinski definition) is 2. The van der Waals surface area contributed by atoms with Crippen molar-refractivity contribution < 1.29 is 0 Å². The van der Waals surface area contributed by atoms with Crippen LogP contribution in [0.5, 0.6) is 0 Å². The van der Waals surface area contributed by atoms with E-state index in [1.807, 2.05) is 12.3 Å². The van der Waals surface area contributed by atoms with Gasteiger partial charge in [-0.25, -0.2) is 4.98 Å². The Balaban J connectivity index is 1.66. The van der Waals surface area contributed by atoms with Crippen LogP contribution in [0.25, 0.3) is 0 Å². The van der Waals surface area contributed by atoms with Crippen LogP contribution in [0.15, 0.2) is 18.3 Å². The molecule has 92 valence electrons. The molecule has 0 bridgehead atoms. The molecule has 0 atom stereocenters. The molecule has 2 aliphatic heterocycles. The number of rotatable bonds is 1. The lowest BCUT2D eigenvalue weighted by Crippen LogP contribution is -2.41. The molecule has 3 rings (SSSR count). The summed E-state index contributed by atoms with van der Waals surface area (Å²) in [7, 11) is 0. The lowest BCUT2D eigenvalue weighted by molar-refractivity contribution is 0.247. The Labute approximate surface area is 102 Å². The first kappa shape index (κ1) is 10.8. The highest BCUT2D eigenvalue weighted by molar-refractivity contribution is 5.48. The Kier molecular flexibility index (Phi) is 2.67. The van der Waals surface area contributed by atoms with Crippen molar-refractivity contribution in [3.63, 3.8) is 0 Å². The van der Waals surface area contributed by atoms with Crippen molar-refractivity contribution in [2.45, 2.75) is 19.3 Å². The number of nitrogens with one attached hydrogen (secondary N) is 1. The second-order valence-electron chi connectivity index (χ2n) is 5.36. The molecule has 2 fully saturated rings. The van der Waals surface area contributed by atoms with Crippen LogP contribution in [-0.4, -0.2) is 31.2 Å². The molecule has 4 heteroatoms. The second kappa shape index (κ2) is 4.18. The highest BCUT2D eigenvalue weighted by Crippen LogP contribution is 2.38. The number of piperidine rings is 1. The molecule has 0 saturated carbocycles. The summed E-state index contributed by atoms with van der Waals surface area (Å²) in [5, 5.41) is 3.50. The van der Waals surface area contributed by atoms with Gasteiger partial charge in [-0.15, -0.1) is 0 Å². The van der Waals surface area contributed by atoms with Gasteiger partial charge in [0.2, 0.25) is 0 Å². The van der Waals surface area contributed by atoms with Gasteiger partial charge >= 0.3 is 0 Å². The number of pyridine rings is 1. The minimum Gasteiger partial charge on any atom is -0.384 e. The van der Waals surface area contributed by atoms with E-state index >= 15 is 0 Å². The highest BCUT2D eigenvalue weighted by atomic mass is 15.1. The fourth-order valence-electron chi connectivity index (χ4n) is 3.05. The number of nitrogen functional groups attached to an aromatic ring is 1. The number of hydrogen-bond acceptors (Lipinski definition) is 4. The topological polar surface area (TPSA) is 54.2 Å². The molecule has 2 saturated heterocycles. The second-order valence-corrected chi connectivity index (χ2v) is 5.36. The van der Waals surface area contributed by atoms with Crippen molar-refractivity contribution in [3.05, 3.63) is 18.3 Å². The summed E-state index contributed by atoms with van der Waals surface area (Å²) >= 11 is 0. The third-order valence-electron chi connectivity index (χ3n) is 4.29. The molecular formula is C13H20N4. The summed E-state index contributed by atoms with van der Waals surface area (Å²) in [5.74, 6) is 0.599. The number of nitrogens with two attached hydrogens (primary N) is 1. The van der Waals surface area contributed by atoms with Crippen molar-refractivity contribution in [2.75, 3.05) is 36.8 Å². The van der Waals surface area contributed by atoms with Crippen molar-refractivity contribution in [1.29, 1.82) is 0 Å². The van der Waals surface area contributed by atoms with Crippen LogP contribution in [0.3, 0.4) is 0 Å².